The van der Waals surface area contributed by atoms with E-state index in [0.29, 0.717) is 0 Å². The third-order valence-corrected chi connectivity index (χ3v) is 7.62. The molecule has 6 atom stereocenters. The zero-order chi connectivity index (χ0) is 23.2. The number of hydrogen-bond acceptors (Lipinski definition) is 13. The van der Waals surface area contributed by atoms with Crippen molar-refractivity contribution in [3.8, 4) is 0 Å². The first-order valence-corrected chi connectivity index (χ1v) is 12.4. The van der Waals surface area contributed by atoms with Gasteiger partial charge in [0.05, 0.1) is 12.9 Å². The Hall–Kier alpha value is 2.64. The Morgan fingerprint density at radius 3 is 2.11 bits per heavy atom. The molecule has 3 heterocycles. The number of rotatable bonds is 8. The van der Waals surface area contributed by atoms with Crippen LogP contribution in [-0.4, -0.2) is 192 Å². The molecule has 1 fully saturated rings. The molecule has 0 spiro atoms. The standard InChI is InChI=1S/C10H16N5O13P3.4Na.4H/c11-8-5-9(13-2-12-8)15(3-14-5)10-7(17)6(16)4(26-10)1-25-30(21,22)28-31(23,24)27-29(18,19)20;;;;;;;;/h2-4,6-7,10,16-17H,1H2,(H,21,22)(H,23,24)(H2,11,12,13)(H2,18,19,20);;;;;;;;/t4-,6-,7-,10-;;;;;;;;/m1......../s1. The van der Waals surface area contributed by atoms with Crippen LogP contribution in [0.2, 0.25) is 0 Å². The summed E-state index contributed by atoms with van der Waals surface area (Å²) in [5, 5.41) is 20.4. The van der Waals surface area contributed by atoms with Gasteiger partial charge in [0.1, 0.15) is 30.2 Å². The average Bonchev–Trinajstić information content (AvgIpc) is 3.13. The van der Waals surface area contributed by atoms with E-state index in [4.69, 9.17) is 25.2 Å². The normalized spacial score (nSPS) is 25.2. The van der Waals surface area contributed by atoms with Gasteiger partial charge in [0.25, 0.3) is 0 Å². The van der Waals surface area contributed by atoms with E-state index in [0.717, 1.165) is 6.33 Å². The van der Waals surface area contributed by atoms with Gasteiger partial charge in [-0.15, -0.1) is 0 Å². The fourth-order valence-electron chi connectivity index (χ4n) is 2.62. The maximum absolute atomic E-state index is 11.8. The molecular weight excluding hydrogens is 583 g/mol. The first kappa shape index (κ1) is 39.8. The molecule has 0 bridgehead atoms. The number of ether oxygens (including phenoxy) is 1. The topological polar surface area (TPSA) is 279 Å². The molecule has 8 N–H and O–H groups in total. The number of nitrogens with zero attached hydrogens (tertiary/aromatic N) is 4. The number of phosphoric acid groups is 3. The average molecular weight is 603 g/mol. The number of nitrogen functional groups attached to an aromatic ring is 1. The van der Waals surface area contributed by atoms with Gasteiger partial charge in [0.2, 0.25) is 0 Å². The van der Waals surface area contributed by atoms with Gasteiger partial charge in [0.15, 0.2) is 17.7 Å². The summed E-state index contributed by atoms with van der Waals surface area (Å²) in [5.74, 6) is 0.0426. The number of aliphatic hydroxyl groups is 2. The van der Waals surface area contributed by atoms with Gasteiger partial charge in [-0.1, -0.05) is 0 Å². The van der Waals surface area contributed by atoms with E-state index in [1.165, 1.54) is 10.9 Å². The number of aromatic nitrogens is 4. The zero-order valence-electron chi connectivity index (χ0n) is 14.9. The third-order valence-electron chi connectivity index (χ3n) is 3.82. The molecule has 0 aromatic carbocycles. The second-order valence-corrected chi connectivity index (χ2v) is 10.4. The molecule has 35 heavy (non-hydrogen) atoms. The van der Waals surface area contributed by atoms with E-state index in [-0.39, 0.29) is 135 Å². The van der Waals surface area contributed by atoms with Gasteiger partial charge in [-0.2, -0.15) is 8.62 Å². The summed E-state index contributed by atoms with van der Waals surface area (Å²) >= 11 is 0. The quantitative estimate of drug-likeness (QED) is 0.111. The Morgan fingerprint density at radius 2 is 1.54 bits per heavy atom. The SMILES string of the molecule is Nc1ncnc2c1ncn2[C@@H]1O[C@H](COP(=O)(O)OP(=O)(O)OP(=O)(O)O)[C@@H](O)[C@H]1O.[NaH].[NaH].[NaH].[NaH]. The molecule has 18 nitrogen and oxygen atoms in total. The number of fused-ring (bicyclic) bond motifs is 1. The van der Waals surface area contributed by atoms with E-state index < -0.39 is 54.6 Å². The summed E-state index contributed by atoms with van der Waals surface area (Å²) in [6, 6.07) is 0. The van der Waals surface area contributed by atoms with Crippen LogP contribution in [0, 0.1) is 0 Å². The van der Waals surface area contributed by atoms with E-state index in [9.17, 15) is 28.8 Å². The van der Waals surface area contributed by atoms with Crippen molar-refractivity contribution in [2.45, 2.75) is 24.5 Å². The molecule has 2 aromatic rings. The number of hydrogen-bond donors (Lipinski definition) is 7. The first-order valence-electron chi connectivity index (χ1n) is 7.92. The molecule has 0 aliphatic carbocycles. The fraction of sp³-hybridized carbons (Fsp3) is 0.500. The first-order chi connectivity index (χ1) is 14.2. The number of aliphatic hydroxyl groups excluding tert-OH is 2. The van der Waals surface area contributed by atoms with Crippen molar-refractivity contribution in [2.75, 3.05) is 12.3 Å². The molecule has 0 saturated carbocycles. The van der Waals surface area contributed by atoms with E-state index in [2.05, 4.69) is 28.1 Å². The molecule has 3 rings (SSSR count). The van der Waals surface area contributed by atoms with Crippen molar-refractivity contribution in [2.24, 2.45) is 0 Å². The summed E-state index contributed by atoms with van der Waals surface area (Å²) in [6.07, 6.45) is -3.69. The predicted octanol–water partition coefficient (Wildman–Crippen LogP) is -4.22. The second kappa shape index (κ2) is 15.6. The van der Waals surface area contributed by atoms with Gasteiger partial charge in [-0.05, 0) is 0 Å². The van der Waals surface area contributed by atoms with Crippen molar-refractivity contribution in [1.29, 1.82) is 0 Å². The van der Waals surface area contributed by atoms with Crippen molar-refractivity contribution in [3.63, 3.8) is 0 Å². The number of phosphoric ester groups is 1. The van der Waals surface area contributed by atoms with Gasteiger partial charge in [0, 0.05) is 0 Å². The number of anilines is 1. The summed E-state index contributed by atoms with van der Waals surface area (Å²) in [7, 11) is -16.7. The van der Waals surface area contributed by atoms with E-state index in [1.807, 2.05) is 0 Å². The predicted molar refractivity (Wildman–Crippen MR) is 124 cm³/mol. The monoisotopic (exact) mass is 603 g/mol. The molecule has 1 saturated heterocycles. The fourth-order valence-corrected chi connectivity index (χ4v) is 5.65. The summed E-state index contributed by atoms with van der Waals surface area (Å²) < 4.78 is 51.9. The van der Waals surface area contributed by atoms with Crippen LogP contribution in [0.5, 0.6) is 0 Å². The molecule has 1 aliphatic heterocycles. The molecular formula is C10H20N5Na4O13P3. The van der Waals surface area contributed by atoms with E-state index in [1.54, 1.807) is 0 Å². The number of nitrogens with two attached hydrogens (primary N) is 1. The summed E-state index contributed by atoms with van der Waals surface area (Å²) in [4.78, 5) is 47.2. The molecule has 0 radical (unpaired) electrons. The number of imidazole rings is 1. The Kier molecular flexibility index (Phi) is 17.7. The van der Waals surface area contributed by atoms with Crippen molar-refractivity contribution in [1.82, 2.24) is 19.5 Å². The van der Waals surface area contributed by atoms with Crippen LogP contribution in [0.25, 0.3) is 11.2 Å². The van der Waals surface area contributed by atoms with Crippen LogP contribution < -0.4 is 5.73 Å². The molecule has 1 aliphatic rings. The van der Waals surface area contributed by atoms with Gasteiger partial charge in [-0.3, -0.25) is 9.09 Å². The minimum absolute atomic E-state index is 0. The molecule has 182 valence electrons. The van der Waals surface area contributed by atoms with E-state index >= 15 is 0 Å². The van der Waals surface area contributed by atoms with Crippen LogP contribution in [-0.2, 0) is 31.6 Å². The van der Waals surface area contributed by atoms with Gasteiger partial charge < -0.3 is 40.3 Å². The summed E-state index contributed by atoms with van der Waals surface area (Å²) in [6.45, 7) is -0.956. The molecule has 25 heteroatoms. The Balaban J connectivity index is 0. The van der Waals surface area contributed by atoms with Crippen LogP contribution in [0.3, 0.4) is 0 Å². The summed E-state index contributed by atoms with van der Waals surface area (Å²) in [5.41, 5.74) is 6.00. The molecule has 2 aromatic heterocycles. The Bertz CT molecular complexity index is 1120. The molecule has 2 unspecified atom stereocenters. The zero-order valence-corrected chi connectivity index (χ0v) is 17.6. The van der Waals surface area contributed by atoms with Crippen LogP contribution in [0.4, 0.5) is 5.82 Å². The second-order valence-electron chi connectivity index (χ2n) is 6.02. The van der Waals surface area contributed by atoms with Crippen molar-refractivity contribution >= 4 is 159 Å². The van der Waals surface area contributed by atoms with Crippen molar-refractivity contribution < 1.29 is 61.4 Å². The minimum atomic E-state index is -5.70. The third kappa shape index (κ3) is 10.9. The van der Waals surface area contributed by atoms with Crippen LogP contribution in [0.15, 0.2) is 12.7 Å². The van der Waals surface area contributed by atoms with Crippen LogP contribution in [0.1, 0.15) is 6.23 Å². The van der Waals surface area contributed by atoms with Crippen LogP contribution >= 0.6 is 23.5 Å². The molecule has 0 amide bonds. The van der Waals surface area contributed by atoms with Gasteiger partial charge in [-0.25, -0.2) is 28.6 Å². The Labute approximate surface area is 285 Å². The maximum atomic E-state index is 11.8. The Morgan fingerprint density at radius 1 is 0.943 bits per heavy atom. The van der Waals surface area contributed by atoms with Gasteiger partial charge >= 0.3 is 142 Å². The van der Waals surface area contributed by atoms with Crippen molar-refractivity contribution in [3.05, 3.63) is 12.7 Å².